The van der Waals surface area contributed by atoms with Crippen molar-refractivity contribution in [2.45, 2.75) is 6.36 Å². The summed E-state index contributed by atoms with van der Waals surface area (Å²) in [5.74, 6) is -0.970. The summed E-state index contributed by atoms with van der Waals surface area (Å²) in [6.45, 7) is 0. The van der Waals surface area contributed by atoms with Crippen molar-refractivity contribution in [2.24, 2.45) is 0 Å². The summed E-state index contributed by atoms with van der Waals surface area (Å²) < 4.78 is 40.0. The summed E-state index contributed by atoms with van der Waals surface area (Å²) in [4.78, 5) is 11.9. The van der Waals surface area contributed by atoms with Crippen LogP contribution in [-0.4, -0.2) is 12.3 Å². The number of nitrogens with one attached hydrogen (secondary N) is 1. The zero-order valence-corrected chi connectivity index (χ0v) is 10.1. The number of hydrogen-bond donors (Lipinski definition) is 1. The second-order valence-corrected chi connectivity index (χ2v) is 3.82. The van der Waals surface area contributed by atoms with E-state index in [9.17, 15) is 18.0 Å². The Morgan fingerprint density at radius 3 is 2.65 bits per heavy atom. The van der Waals surface area contributed by atoms with Crippen LogP contribution in [0.2, 0.25) is 0 Å². The predicted molar refractivity (Wildman–Crippen MR) is 66.4 cm³/mol. The fourth-order valence-corrected chi connectivity index (χ4v) is 1.51. The van der Waals surface area contributed by atoms with E-state index in [0.29, 0.717) is 5.69 Å². The highest BCUT2D eigenvalue weighted by Gasteiger charge is 2.31. The monoisotopic (exact) mass is 280 g/mol. The molecule has 0 bridgehead atoms. The third-order valence-electron chi connectivity index (χ3n) is 2.29. The lowest BCUT2D eigenvalue weighted by atomic mass is 10.2. The number of rotatable bonds is 3. The minimum absolute atomic E-state index is 0.0654. The summed E-state index contributed by atoms with van der Waals surface area (Å²) in [6.07, 6.45) is -4.79. The highest BCUT2D eigenvalue weighted by atomic mass is 19.4. The first-order valence-electron chi connectivity index (χ1n) is 5.57. The van der Waals surface area contributed by atoms with Gasteiger partial charge in [-0.05, 0) is 36.4 Å². The van der Waals surface area contributed by atoms with Gasteiger partial charge >= 0.3 is 6.36 Å². The molecule has 1 amide bonds. The van der Waals surface area contributed by atoms with Gasteiger partial charge < -0.3 is 10.1 Å². The molecule has 0 aliphatic rings. The second-order valence-electron chi connectivity index (χ2n) is 3.82. The van der Waals surface area contributed by atoms with E-state index in [-0.39, 0.29) is 5.56 Å². The topological polar surface area (TPSA) is 38.3 Å². The van der Waals surface area contributed by atoms with E-state index in [1.807, 2.05) is 0 Å². The van der Waals surface area contributed by atoms with E-state index in [1.54, 1.807) is 24.3 Å². The largest absolute Gasteiger partial charge is 0.573 e. The molecule has 0 atom stereocenters. The van der Waals surface area contributed by atoms with Crippen molar-refractivity contribution in [1.82, 2.24) is 0 Å². The molecule has 0 unspecified atom stereocenters. The van der Waals surface area contributed by atoms with Crippen LogP contribution in [0.3, 0.4) is 0 Å². The molecule has 2 rings (SSSR count). The van der Waals surface area contributed by atoms with E-state index < -0.39 is 18.0 Å². The Labute approximate surface area is 113 Å². The van der Waals surface area contributed by atoms with E-state index in [2.05, 4.69) is 16.1 Å². The molecule has 20 heavy (non-hydrogen) atoms. The zero-order valence-electron chi connectivity index (χ0n) is 10.1. The van der Waals surface area contributed by atoms with Gasteiger partial charge in [0.05, 0.1) is 0 Å². The maximum absolute atomic E-state index is 12.1. The molecule has 1 N–H and O–H groups in total. The summed E-state index contributed by atoms with van der Waals surface area (Å²) in [5.41, 5.74) is 0.565. The maximum atomic E-state index is 12.1. The molecular formula is C14H9F3NO2. The van der Waals surface area contributed by atoms with Gasteiger partial charge in [-0.25, -0.2) is 0 Å². The SMILES string of the molecule is O=C(Nc1c[c]ccc1)c1cccc(OC(F)(F)F)c1. The van der Waals surface area contributed by atoms with Crippen LogP contribution in [-0.2, 0) is 0 Å². The highest BCUT2D eigenvalue weighted by Crippen LogP contribution is 2.23. The number of alkyl halides is 3. The van der Waals surface area contributed by atoms with Crippen LogP contribution in [0.15, 0.2) is 48.5 Å². The number of halogens is 3. The van der Waals surface area contributed by atoms with Gasteiger partial charge in [0.1, 0.15) is 5.75 Å². The molecule has 0 heterocycles. The standard InChI is InChI=1S/C14H9F3NO2/c15-14(16,17)20-12-8-4-5-10(9-12)13(19)18-11-6-2-1-3-7-11/h1-2,4-9H,(H,18,19). The van der Waals surface area contributed by atoms with Crippen LogP contribution >= 0.6 is 0 Å². The normalized spacial score (nSPS) is 10.9. The van der Waals surface area contributed by atoms with Crippen molar-refractivity contribution in [3.8, 4) is 5.75 Å². The summed E-state index contributed by atoms with van der Waals surface area (Å²) >= 11 is 0. The van der Waals surface area contributed by atoms with E-state index in [1.165, 1.54) is 12.1 Å². The van der Waals surface area contributed by atoms with Crippen molar-refractivity contribution >= 4 is 11.6 Å². The van der Waals surface area contributed by atoms with Gasteiger partial charge in [-0.3, -0.25) is 4.79 Å². The number of hydrogen-bond acceptors (Lipinski definition) is 2. The molecule has 0 aromatic heterocycles. The molecule has 1 radical (unpaired) electrons. The van der Waals surface area contributed by atoms with Gasteiger partial charge in [0, 0.05) is 11.3 Å². The van der Waals surface area contributed by atoms with Gasteiger partial charge in [0.2, 0.25) is 0 Å². The Morgan fingerprint density at radius 1 is 1.20 bits per heavy atom. The molecule has 0 aliphatic heterocycles. The molecular weight excluding hydrogens is 271 g/mol. The van der Waals surface area contributed by atoms with E-state index >= 15 is 0 Å². The first-order valence-corrected chi connectivity index (χ1v) is 5.57. The average Bonchev–Trinajstić information content (AvgIpc) is 2.38. The average molecular weight is 280 g/mol. The third kappa shape index (κ3) is 4.01. The Hall–Kier alpha value is -2.50. The molecule has 6 heteroatoms. The molecule has 103 valence electrons. The quantitative estimate of drug-likeness (QED) is 0.932. The van der Waals surface area contributed by atoms with Crippen LogP contribution < -0.4 is 10.1 Å². The molecule has 2 aromatic rings. The lowest BCUT2D eigenvalue weighted by Crippen LogP contribution is -2.18. The first-order chi connectivity index (χ1) is 9.44. The highest BCUT2D eigenvalue weighted by molar-refractivity contribution is 6.04. The molecule has 0 saturated heterocycles. The van der Waals surface area contributed by atoms with Gasteiger partial charge in [-0.15, -0.1) is 13.2 Å². The zero-order chi connectivity index (χ0) is 14.6. The van der Waals surface area contributed by atoms with Gasteiger partial charge in [0.25, 0.3) is 5.91 Å². The Balaban J connectivity index is 2.12. The van der Waals surface area contributed by atoms with Crippen molar-refractivity contribution < 1.29 is 22.7 Å². The van der Waals surface area contributed by atoms with E-state index in [0.717, 1.165) is 12.1 Å². The van der Waals surface area contributed by atoms with Crippen LogP contribution in [0.4, 0.5) is 18.9 Å². The van der Waals surface area contributed by atoms with Gasteiger partial charge in [-0.2, -0.15) is 0 Å². The van der Waals surface area contributed by atoms with Crippen molar-refractivity contribution in [3.05, 3.63) is 60.2 Å². The lowest BCUT2D eigenvalue weighted by molar-refractivity contribution is -0.274. The minimum atomic E-state index is -4.79. The smallest absolute Gasteiger partial charge is 0.406 e. The van der Waals surface area contributed by atoms with Crippen LogP contribution in [0.5, 0.6) is 5.75 Å². The van der Waals surface area contributed by atoms with Crippen molar-refractivity contribution in [1.29, 1.82) is 0 Å². The van der Waals surface area contributed by atoms with Gasteiger partial charge in [0.15, 0.2) is 0 Å². The number of carbonyl (C=O) groups is 1. The Morgan fingerprint density at radius 2 is 2.00 bits per heavy atom. The molecule has 2 aromatic carbocycles. The van der Waals surface area contributed by atoms with Crippen LogP contribution in [0.1, 0.15) is 10.4 Å². The number of ether oxygens (including phenoxy) is 1. The molecule has 0 aliphatic carbocycles. The minimum Gasteiger partial charge on any atom is -0.406 e. The summed E-state index contributed by atoms with van der Waals surface area (Å²) in [7, 11) is 0. The Kier molecular flexibility index (Phi) is 3.93. The lowest BCUT2D eigenvalue weighted by Gasteiger charge is -2.10. The van der Waals surface area contributed by atoms with Gasteiger partial charge in [-0.1, -0.05) is 18.2 Å². The fraction of sp³-hybridized carbons (Fsp3) is 0.0714. The molecule has 0 fully saturated rings. The van der Waals surface area contributed by atoms with Crippen LogP contribution in [0.25, 0.3) is 0 Å². The van der Waals surface area contributed by atoms with E-state index in [4.69, 9.17) is 0 Å². The second kappa shape index (κ2) is 5.64. The molecule has 0 spiro atoms. The van der Waals surface area contributed by atoms with Crippen LogP contribution in [0, 0.1) is 6.07 Å². The van der Waals surface area contributed by atoms with Crippen molar-refractivity contribution in [2.75, 3.05) is 5.32 Å². The number of anilines is 1. The first kappa shape index (κ1) is 13.9. The number of amides is 1. The number of benzene rings is 2. The third-order valence-corrected chi connectivity index (χ3v) is 2.29. The molecule has 0 saturated carbocycles. The number of carbonyl (C=O) groups excluding carboxylic acids is 1. The molecule has 3 nitrogen and oxygen atoms in total. The Bertz CT molecular complexity index is 597. The summed E-state index contributed by atoms with van der Waals surface area (Å²) in [5, 5.41) is 2.54. The summed E-state index contributed by atoms with van der Waals surface area (Å²) in [6, 6.07) is 14.2. The fourth-order valence-electron chi connectivity index (χ4n) is 1.51. The maximum Gasteiger partial charge on any atom is 0.573 e. The predicted octanol–water partition coefficient (Wildman–Crippen LogP) is 3.64. The van der Waals surface area contributed by atoms with Crippen molar-refractivity contribution in [3.63, 3.8) is 0 Å².